The average molecular weight is 625 g/mol. The minimum atomic E-state index is -2.42. The molecule has 236 valence electrons. The smallest absolute Gasteiger partial charge is 0.202 e. The van der Waals surface area contributed by atoms with Crippen LogP contribution in [0, 0.1) is 0 Å². The molecule has 0 radical (unpaired) electrons. The summed E-state index contributed by atoms with van der Waals surface area (Å²) in [6.45, 7) is -2.17. The zero-order valence-corrected chi connectivity index (χ0v) is 23.8. The molecule has 0 spiro atoms. The lowest BCUT2D eigenvalue weighted by molar-refractivity contribution is -0.381. The van der Waals surface area contributed by atoms with Gasteiger partial charge in [-0.1, -0.05) is 66.8 Å². The third kappa shape index (κ3) is 7.18. The summed E-state index contributed by atoms with van der Waals surface area (Å²) >= 11 is 5.31. The Balaban J connectivity index is 1.43. The van der Waals surface area contributed by atoms with Gasteiger partial charge in [0, 0.05) is 12.0 Å². The molecule has 8 N–H and O–H groups in total. The lowest BCUT2D eigenvalue weighted by Crippen LogP contribution is -2.70. The van der Waals surface area contributed by atoms with E-state index in [1.54, 1.807) is 24.3 Å². The number of aliphatic hydroxyl groups excluding tert-OH is 7. The van der Waals surface area contributed by atoms with Crippen LogP contribution in [0.4, 0.5) is 0 Å². The monoisotopic (exact) mass is 624 g/mol. The molecule has 0 aliphatic carbocycles. The van der Waals surface area contributed by atoms with E-state index in [1.807, 2.05) is 30.3 Å². The molecule has 0 saturated carbocycles. The van der Waals surface area contributed by atoms with Crippen LogP contribution in [0.3, 0.4) is 0 Å². The van der Waals surface area contributed by atoms with Crippen LogP contribution in [-0.4, -0.2) is 139 Å². The molecule has 2 fully saturated rings. The Bertz CT molecular complexity index is 1230. The predicted molar refractivity (Wildman–Crippen MR) is 152 cm³/mol. The Morgan fingerprint density at radius 1 is 0.837 bits per heavy atom. The Morgan fingerprint density at radius 2 is 1.47 bits per heavy atom. The maximum absolute atomic E-state index is 13.2. The van der Waals surface area contributed by atoms with Crippen LogP contribution in [0.1, 0.15) is 16.8 Å². The maximum atomic E-state index is 13.2. The van der Waals surface area contributed by atoms with Gasteiger partial charge in [-0.3, -0.25) is 4.79 Å². The zero-order chi connectivity index (χ0) is 31.3. The first-order chi connectivity index (χ1) is 20.5. The van der Waals surface area contributed by atoms with Crippen LogP contribution in [0.5, 0.6) is 0 Å². The number of hydrogen-bond donors (Lipinski definition) is 8. The predicted octanol–water partition coefficient (Wildman–Crippen LogP) is -1.70. The molecular weight excluding hydrogens is 588 g/mol. The number of Topliss-reactive ketones (excluding diaryl/α,β-unsaturated/α-hetero) is 1. The van der Waals surface area contributed by atoms with E-state index in [0.717, 1.165) is 5.56 Å². The summed E-state index contributed by atoms with van der Waals surface area (Å²) < 4.78 is 21.7. The van der Waals surface area contributed by atoms with Gasteiger partial charge in [0.05, 0.1) is 31.3 Å². The summed E-state index contributed by atoms with van der Waals surface area (Å²) in [6, 6.07) is 16.2. The van der Waals surface area contributed by atoms with Gasteiger partial charge in [-0.15, -0.1) is 0 Å². The highest BCUT2D eigenvalue weighted by atomic mass is 32.1. The van der Waals surface area contributed by atoms with E-state index >= 15 is 0 Å². The molecule has 0 amide bonds. The van der Waals surface area contributed by atoms with Crippen LogP contribution in [0.25, 0.3) is 11.1 Å². The van der Waals surface area contributed by atoms with Gasteiger partial charge in [0.2, 0.25) is 5.78 Å². The van der Waals surface area contributed by atoms with Crippen molar-refractivity contribution in [2.45, 2.75) is 67.3 Å². The molecule has 4 rings (SSSR count). The van der Waals surface area contributed by atoms with E-state index in [1.165, 1.54) is 0 Å². The SMILES string of the molecule is O=C(C(=S)COCC[C@]1(O)[C@@H](O)O[C@H](CO)[C@H](O)[C@@H]1O[C@H]1O[C@H](CO)[C@H](O)[C@H](O)[C@H]1O)c1ccccc1-c1ccccc1. The number of aliphatic hydroxyl groups is 8. The summed E-state index contributed by atoms with van der Waals surface area (Å²) in [5.74, 6) is -0.431. The van der Waals surface area contributed by atoms with E-state index in [2.05, 4.69) is 0 Å². The topological polar surface area (TPSA) is 216 Å². The summed E-state index contributed by atoms with van der Waals surface area (Å²) in [4.78, 5) is 13.1. The normalized spacial score (nSPS) is 34.6. The molecular formula is C29H36O13S. The van der Waals surface area contributed by atoms with E-state index in [-0.39, 0.29) is 18.1 Å². The van der Waals surface area contributed by atoms with Crippen LogP contribution in [0.2, 0.25) is 0 Å². The first-order valence-corrected chi connectivity index (χ1v) is 14.0. The van der Waals surface area contributed by atoms with Gasteiger partial charge in [-0.25, -0.2) is 0 Å². The molecule has 2 saturated heterocycles. The number of benzene rings is 2. The second kappa shape index (κ2) is 14.7. The fourth-order valence-corrected chi connectivity index (χ4v) is 5.29. The molecule has 2 heterocycles. The molecule has 0 bridgehead atoms. The van der Waals surface area contributed by atoms with E-state index in [4.69, 9.17) is 31.2 Å². The Hall–Kier alpha value is -2.28. The van der Waals surface area contributed by atoms with E-state index < -0.39 is 86.3 Å². The number of hydrogen-bond acceptors (Lipinski definition) is 14. The molecule has 0 unspecified atom stereocenters. The highest BCUT2D eigenvalue weighted by Gasteiger charge is 2.57. The maximum Gasteiger partial charge on any atom is 0.202 e. The summed E-state index contributed by atoms with van der Waals surface area (Å²) in [5.41, 5.74) is -0.528. The highest BCUT2D eigenvalue weighted by Crippen LogP contribution is 2.36. The number of thiocarbonyl (C=S) groups is 1. The Labute approximate surface area is 252 Å². The van der Waals surface area contributed by atoms with Crippen molar-refractivity contribution in [3.05, 3.63) is 60.2 Å². The van der Waals surface area contributed by atoms with Gasteiger partial charge in [-0.05, 0) is 11.1 Å². The number of carbonyl (C=O) groups excluding carboxylic acids is 1. The molecule has 0 aromatic heterocycles. The summed E-state index contributed by atoms with van der Waals surface area (Å²) in [5, 5.41) is 82.5. The molecule has 43 heavy (non-hydrogen) atoms. The molecule has 14 heteroatoms. The zero-order valence-electron chi connectivity index (χ0n) is 23.0. The lowest BCUT2D eigenvalue weighted by Gasteiger charge is -2.50. The first-order valence-electron chi connectivity index (χ1n) is 13.6. The van der Waals surface area contributed by atoms with Crippen molar-refractivity contribution in [1.82, 2.24) is 0 Å². The molecule has 2 aromatic carbocycles. The van der Waals surface area contributed by atoms with Crippen molar-refractivity contribution in [3.8, 4) is 11.1 Å². The average Bonchev–Trinajstić information content (AvgIpc) is 3.03. The number of ketones is 1. The number of rotatable bonds is 12. The second-order valence-corrected chi connectivity index (χ2v) is 10.9. The molecule has 2 aliphatic heterocycles. The molecule has 13 nitrogen and oxygen atoms in total. The van der Waals surface area contributed by atoms with Crippen molar-refractivity contribution < 1.29 is 64.6 Å². The quantitative estimate of drug-likeness (QED) is 0.0751. The van der Waals surface area contributed by atoms with Crippen LogP contribution in [-0.2, 0) is 18.9 Å². The minimum Gasteiger partial charge on any atom is -0.394 e. The van der Waals surface area contributed by atoms with Crippen LogP contribution >= 0.6 is 12.2 Å². The molecule has 2 aromatic rings. The minimum absolute atomic E-state index is 0.0506. The van der Waals surface area contributed by atoms with Gasteiger partial charge < -0.3 is 59.8 Å². The van der Waals surface area contributed by atoms with Gasteiger partial charge >= 0.3 is 0 Å². The highest BCUT2D eigenvalue weighted by molar-refractivity contribution is 7.82. The van der Waals surface area contributed by atoms with E-state index in [9.17, 15) is 45.6 Å². The largest absolute Gasteiger partial charge is 0.394 e. The second-order valence-electron chi connectivity index (χ2n) is 10.4. The Kier molecular flexibility index (Phi) is 11.5. The third-order valence-electron chi connectivity index (χ3n) is 7.61. The number of ether oxygens (including phenoxy) is 4. The van der Waals surface area contributed by atoms with Crippen LogP contribution in [0.15, 0.2) is 54.6 Å². The summed E-state index contributed by atoms with van der Waals surface area (Å²) in [6.07, 6.45) is -16.0. The van der Waals surface area contributed by atoms with Gasteiger partial charge in [0.15, 0.2) is 12.6 Å². The van der Waals surface area contributed by atoms with Gasteiger partial charge in [-0.2, -0.15) is 0 Å². The molecule has 10 atom stereocenters. The van der Waals surface area contributed by atoms with Crippen molar-refractivity contribution >= 4 is 22.9 Å². The van der Waals surface area contributed by atoms with Crippen molar-refractivity contribution in [2.24, 2.45) is 0 Å². The first kappa shape index (κ1) is 33.6. The van der Waals surface area contributed by atoms with Crippen LogP contribution < -0.4 is 0 Å². The third-order valence-corrected chi connectivity index (χ3v) is 7.92. The lowest BCUT2D eigenvalue weighted by atomic mass is 9.83. The van der Waals surface area contributed by atoms with Gasteiger partial charge in [0.25, 0.3) is 0 Å². The fraction of sp³-hybridized carbons (Fsp3) is 0.517. The van der Waals surface area contributed by atoms with E-state index in [0.29, 0.717) is 11.1 Å². The molecule has 2 aliphatic rings. The van der Waals surface area contributed by atoms with Crippen molar-refractivity contribution in [2.75, 3.05) is 26.4 Å². The summed E-state index contributed by atoms with van der Waals surface area (Å²) in [7, 11) is 0. The fourth-order valence-electron chi connectivity index (χ4n) is 5.10. The number of carbonyl (C=O) groups is 1. The Morgan fingerprint density at radius 3 is 2.14 bits per heavy atom. The van der Waals surface area contributed by atoms with Crippen molar-refractivity contribution in [3.63, 3.8) is 0 Å². The van der Waals surface area contributed by atoms with Gasteiger partial charge in [0.1, 0.15) is 48.3 Å². The van der Waals surface area contributed by atoms with Crippen molar-refractivity contribution in [1.29, 1.82) is 0 Å². The standard InChI is InChI=1S/C29H36O13S/c30-12-18-22(33)24(35)25(36)27(40-18)42-26-23(34)19(13-31)41-28(37)29(26,38)10-11-39-14-20(43)21(32)17-9-5-4-8-16(17)15-6-2-1-3-7-15/h1-9,18-19,22-28,30-31,33-38H,10-14H2/t18-,19-,22+,23+,24+,25-,26+,27-,28+,29-/m1/s1.